The topological polar surface area (TPSA) is 116 Å². The molecule has 0 aromatic rings. The zero-order chi connectivity index (χ0) is 31.7. The molecule has 0 amide bonds. The second-order valence-corrected chi connectivity index (χ2v) is 16.4. The third-order valence-electron chi connectivity index (χ3n) is 13.7. The van der Waals surface area contributed by atoms with E-state index in [1.54, 1.807) is 11.1 Å². The van der Waals surface area contributed by atoms with E-state index in [0.717, 1.165) is 37.5 Å². The Kier molecular flexibility index (Phi) is 8.88. The van der Waals surface area contributed by atoms with E-state index < -0.39 is 36.7 Å². The van der Waals surface area contributed by atoms with Gasteiger partial charge in [0.25, 0.3) is 0 Å². The summed E-state index contributed by atoms with van der Waals surface area (Å²) in [7, 11) is 0. The molecule has 0 bridgehead atoms. The van der Waals surface area contributed by atoms with Crippen LogP contribution in [-0.4, -0.2) is 63.2 Å². The van der Waals surface area contributed by atoms with Gasteiger partial charge in [-0.1, -0.05) is 64.3 Å². The first-order valence-corrected chi connectivity index (χ1v) is 16.9. The third-order valence-corrected chi connectivity index (χ3v) is 13.7. The van der Waals surface area contributed by atoms with E-state index >= 15 is 0 Å². The molecule has 0 aromatic heterocycles. The van der Waals surface area contributed by atoms with Crippen molar-refractivity contribution in [1.82, 2.24) is 0 Å². The molecule has 7 nitrogen and oxygen atoms in total. The lowest BCUT2D eigenvalue weighted by atomic mass is 9.43. The molecule has 0 aromatic carbocycles. The highest BCUT2D eigenvalue weighted by Crippen LogP contribution is 2.72. The summed E-state index contributed by atoms with van der Waals surface area (Å²) in [5.74, 6) is 0.468. The zero-order valence-corrected chi connectivity index (χ0v) is 27.9. The second kappa shape index (κ2) is 11.5. The molecule has 3 unspecified atom stereocenters. The van der Waals surface area contributed by atoms with Crippen molar-refractivity contribution < 1.29 is 34.7 Å². The Balaban J connectivity index is 1.37. The van der Waals surface area contributed by atoms with E-state index in [9.17, 15) is 25.2 Å². The molecule has 0 spiro atoms. The first kappa shape index (κ1) is 33.1. The molecule has 4 N–H and O–H groups in total. The minimum atomic E-state index is -1.72. The van der Waals surface area contributed by atoms with Crippen LogP contribution in [0.25, 0.3) is 0 Å². The van der Waals surface area contributed by atoms with E-state index in [2.05, 4.69) is 61.5 Å². The van der Waals surface area contributed by atoms with Crippen molar-refractivity contribution in [2.45, 2.75) is 156 Å². The summed E-state index contributed by atoms with van der Waals surface area (Å²) >= 11 is 0. The number of carboxylic acid groups (broad SMARTS) is 1. The van der Waals surface area contributed by atoms with Crippen LogP contribution in [0, 0.1) is 39.4 Å². The number of hydrogen-bond acceptors (Lipinski definition) is 6. The summed E-state index contributed by atoms with van der Waals surface area (Å²) in [4.78, 5) is 11.7. The van der Waals surface area contributed by atoms with Gasteiger partial charge in [-0.2, -0.15) is 0 Å². The predicted octanol–water partition coefficient (Wildman–Crippen LogP) is 6.40. The summed E-state index contributed by atoms with van der Waals surface area (Å²) in [6.07, 6.45) is 5.69. The van der Waals surface area contributed by atoms with E-state index in [0.29, 0.717) is 11.3 Å². The van der Waals surface area contributed by atoms with E-state index in [4.69, 9.17) is 9.47 Å². The number of carboxylic acids is 1. The first-order chi connectivity index (χ1) is 20.0. The van der Waals surface area contributed by atoms with Gasteiger partial charge in [0, 0.05) is 0 Å². The molecule has 3 fully saturated rings. The Labute approximate surface area is 259 Å². The minimum Gasteiger partial charge on any atom is -0.479 e. The average molecular weight is 603 g/mol. The van der Waals surface area contributed by atoms with Crippen LogP contribution in [0.4, 0.5) is 0 Å². The number of rotatable bonds is 7. The summed E-state index contributed by atoms with van der Waals surface area (Å²) in [5, 5.41) is 40.7. The summed E-state index contributed by atoms with van der Waals surface area (Å²) in [6, 6.07) is 0. The molecule has 244 valence electrons. The lowest BCUT2D eigenvalue weighted by Gasteiger charge is -2.62. The highest BCUT2D eigenvalue weighted by Gasteiger charge is 2.64. The molecule has 12 atom stereocenters. The van der Waals surface area contributed by atoms with Crippen LogP contribution in [0.5, 0.6) is 0 Å². The smallest absolute Gasteiger partial charge is 0.335 e. The second-order valence-electron chi connectivity index (χ2n) is 16.4. The number of hydrogen-bond donors (Lipinski definition) is 4. The molecule has 43 heavy (non-hydrogen) atoms. The third kappa shape index (κ3) is 5.17. The van der Waals surface area contributed by atoms with Crippen LogP contribution in [0.1, 0.15) is 120 Å². The normalized spacial score (nSPS) is 46.4. The summed E-state index contributed by atoms with van der Waals surface area (Å²) in [6.45, 7) is 19.1. The lowest BCUT2D eigenvalue weighted by molar-refractivity contribution is -0.319. The van der Waals surface area contributed by atoms with Gasteiger partial charge in [-0.15, -0.1) is 0 Å². The van der Waals surface area contributed by atoms with Gasteiger partial charge in [0.2, 0.25) is 0 Å². The maximum atomic E-state index is 11.7. The largest absolute Gasteiger partial charge is 0.479 e. The number of ether oxygens (including phenoxy) is 2. The molecule has 5 aliphatic rings. The molecule has 7 heteroatoms. The van der Waals surface area contributed by atoms with Crippen LogP contribution >= 0.6 is 0 Å². The summed E-state index contributed by atoms with van der Waals surface area (Å²) in [5.41, 5.74) is 5.25. The molecule has 2 saturated carbocycles. The highest BCUT2D eigenvalue weighted by atomic mass is 16.7. The lowest BCUT2D eigenvalue weighted by Crippen LogP contribution is -2.62. The predicted molar refractivity (Wildman–Crippen MR) is 166 cm³/mol. The molecule has 1 aliphatic heterocycles. The molecule has 0 radical (unpaired) electrons. The van der Waals surface area contributed by atoms with Crippen LogP contribution in [0.3, 0.4) is 0 Å². The number of aliphatic carboxylic acids is 1. The van der Waals surface area contributed by atoms with E-state index in [-0.39, 0.29) is 22.3 Å². The van der Waals surface area contributed by atoms with Crippen molar-refractivity contribution in [3.63, 3.8) is 0 Å². The Morgan fingerprint density at radius 2 is 1.65 bits per heavy atom. The standard InChI is InChI=1S/C36H58O7/c1-20(2)10-9-11-21(3)22-14-18-36(8)24-12-13-25-33(4,5)26(16-17-34(25,6)23(24)15-19-35(22,36)7)42-32-29(39)27(37)28(38)30(43-32)31(40)41/h10,21-22,25-30,32,37-39H,9,11-19H2,1-8H3,(H,40,41)/t21-,22-,25?,26?,27+,28+,29-,30+,32?,34-,35+,36+/m1/s1. The van der Waals surface area contributed by atoms with Crippen molar-refractivity contribution in [3.05, 3.63) is 22.8 Å². The van der Waals surface area contributed by atoms with Crippen LogP contribution < -0.4 is 0 Å². The van der Waals surface area contributed by atoms with Crippen molar-refractivity contribution in [3.8, 4) is 0 Å². The monoisotopic (exact) mass is 602 g/mol. The average Bonchev–Trinajstić information content (AvgIpc) is 3.21. The number of aliphatic hydroxyl groups is 3. The Morgan fingerprint density at radius 1 is 0.953 bits per heavy atom. The Bertz CT molecular complexity index is 1140. The van der Waals surface area contributed by atoms with Gasteiger partial charge in [-0.3, -0.25) is 0 Å². The Hall–Kier alpha value is -1.25. The van der Waals surface area contributed by atoms with E-state index in [1.165, 1.54) is 44.1 Å². The van der Waals surface area contributed by atoms with Gasteiger partial charge in [-0.25, -0.2) is 4.79 Å². The fourth-order valence-electron chi connectivity index (χ4n) is 11.0. The molecule has 1 saturated heterocycles. The van der Waals surface area contributed by atoms with Crippen molar-refractivity contribution in [2.75, 3.05) is 0 Å². The van der Waals surface area contributed by atoms with E-state index in [1.807, 2.05) is 0 Å². The van der Waals surface area contributed by atoms with Gasteiger partial charge in [0.1, 0.15) is 18.3 Å². The number of fused-ring (bicyclic) bond motifs is 4. The van der Waals surface area contributed by atoms with Gasteiger partial charge in [-0.05, 0) is 117 Å². The highest BCUT2D eigenvalue weighted by molar-refractivity contribution is 5.73. The zero-order valence-electron chi connectivity index (χ0n) is 27.9. The first-order valence-electron chi connectivity index (χ1n) is 16.9. The molecule has 1 heterocycles. The van der Waals surface area contributed by atoms with Crippen molar-refractivity contribution in [2.24, 2.45) is 39.4 Å². The Morgan fingerprint density at radius 3 is 2.30 bits per heavy atom. The number of allylic oxidation sites excluding steroid dienone is 4. The van der Waals surface area contributed by atoms with Crippen LogP contribution in [-0.2, 0) is 14.3 Å². The SMILES string of the molecule is CC(C)=CCC[C@@H](C)[C@H]1CC[C@@]2(C)C3=C(CC[C@@]12C)[C@@]1(C)CCC(OC2O[C@H](C(=O)O)[C@@H](O)[C@H](O)[C@H]2O)C(C)(C)C1CC3. The van der Waals surface area contributed by atoms with Gasteiger partial charge >= 0.3 is 5.97 Å². The maximum absolute atomic E-state index is 11.7. The van der Waals surface area contributed by atoms with Gasteiger partial charge in [0.05, 0.1) is 6.10 Å². The quantitative estimate of drug-likeness (QED) is 0.249. The minimum absolute atomic E-state index is 0.0692. The number of carbonyl (C=O) groups is 1. The molecule has 5 rings (SSSR count). The summed E-state index contributed by atoms with van der Waals surface area (Å²) < 4.78 is 11.9. The number of aliphatic hydroxyl groups excluding tert-OH is 3. The fraction of sp³-hybridized carbons (Fsp3) is 0.861. The molecular formula is C36H58O7. The van der Waals surface area contributed by atoms with Gasteiger partial charge in [0.15, 0.2) is 12.4 Å². The van der Waals surface area contributed by atoms with Gasteiger partial charge < -0.3 is 29.9 Å². The molecular weight excluding hydrogens is 544 g/mol. The van der Waals surface area contributed by atoms with Crippen molar-refractivity contribution >= 4 is 5.97 Å². The molecule has 4 aliphatic carbocycles. The van der Waals surface area contributed by atoms with Crippen molar-refractivity contribution in [1.29, 1.82) is 0 Å². The maximum Gasteiger partial charge on any atom is 0.335 e. The van der Waals surface area contributed by atoms with Crippen LogP contribution in [0.15, 0.2) is 22.8 Å². The fourth-order valence-corrected chi connectivity index (χ4v) is 11.0. The van der Waals surface area contributed by atoms with Crippen LogP contribution in [0.2, 0.25) is 0 Å².